The standard InChI is InChI=1S/C13H23ClO/c1-4-15-7-5-6-11-8-12(14)10-13(2,3)9-11/h8,12H,4-7,9-10H2,1-3H3. The summed E-state index contributed by atoms with van der Waals surface area (Å²) in [5, 5.41) is 0.232. The zero-order valence-corrected chi connectivity index (χ0v) is 10.9. The number of ether oxygens (including phenoxy) is 1. The van der Waals surface area contributed by atoms with Crippen LogP contribution in [0.4, 0.5) is 0 Å². The topological polar surface area (TPSA) is 9.23 Å². The van der Waals surface area contributed by atoms with Gasteiger partial charge in [-0.25, -0.2) is 0 Å². The van der Waals surface area contributed by atoms with Crippen molar-refractivity contribution in [3.8, 4) is 0 Å². The van der Waals surface area contributed by atoms with Crippen LogP contribution in [0, 0.1) is 5.41 Å². The Morgan fingerprint density at radius 3 is 2.87 bits per heavy atom. The van der Waals surface area contributed by atoms with Crippen LogP contribution in [0.3, 0.4) is 0 Å². The van der Waals surface area contributed by atoms with Crippen LogP contribution in [-0.2, 0) is 4.74 Å². The molecule has 0 saturated carbocycles. The summed E-state index contributed by atoms with van der Waals surface area (Å²) in [5.41, 5.74) is 1.90. The third kappa shape index (κ3) is 5.03. The van der Waals surface area contributed by atoms with Crippen LogP contribution >= 0.6 is 11.6 Å². The van der Waals surface area contributed by atoms with E-state index in [4.69, 9.17) is 16.3 Å². The lowest BCUT2D eigenvalue weighted by Crippen LogP contribution is -2.22. The van der Waals surface area contributed by atoms with Crippen LogP contribution in [0.5, 0.6) is 0 Å². The Hall–Kier alpha value is -0.0100. The van der Waals surface area contributed by atoms with E-state index in [0.29, 0.717) is 5.41 Å². The summed E-state index contributed by atoms with van der Waals surface area (Å²) < 4.78 is 5.34. The Balaban J connectivity index is 2.34. The Morgan fingerprint density at radius 2 is 2.27 bits per heavy atom. The molecule has 1 aliphatic rings. The Labute approximate surface area is 98.8 Å². The molecule has 1 unspecified atom stereocenters. The predicted molar refractivity (Wildman–Crippen MR) is 66.5 cm³/mol. The summed E-state index contributed by atoms with van der Waals surface area (Å²) >= 11 is 6.23. The van der Waals surface area contributed by atoms with Gasteiger partial charge in [-0.3, -0.25) is 0 Å². The fourth-order valence-corrected chi connectivity index (χ4v) is 2.90. The zero-order valence-electron chi connectivity index (χ0n) is 10.2. The molecule has 0 amide bonds. The van der Waals surface area contributed by atoms with Gasteiger partial charge in [-0.05, 0) is 38.0 Å². The normalized spacial score (nSPS) is 25.1. The van der Waals surface area contributed by atoms with Gasteiger partial charge in [0, 0.05) is 13.2 Å². The van der Waals surface area contributed by atoms with E-state index in [0.717, 1.165) is 32.5 Å². The lowest BCUT2D eigenvalue weighted by atomic mass is 9.76. The second kappa shape index (κ2) is 5.91. The van der Waals surface area contributed by atoms with Crippen molar-refractivity contribution in [1.82, 2.24) is 0 Å². The quantitative estimate of drug-likeness (QED) is 0.392. The highest BCUT2D eigenvalue weighted by atomic mass is 35.5. The largest absolute Gasteiger partial charge is 0.382 e. The average molecular weight is 231 g/mol. The van der Waals surface area contributed by atoms with Gasteiger partial charge in [0.2, 0.25) is 0 Å². The number of hydrogen-bond donors (Lipinski definition) is 0. The number of alkyl halides is 1. The van der Waals surface area contributed by atoms with E-state index >= 15 is 0 Å². The van der Waals surface area contributed by atoms with E-state index in [-0.39, 0.29) is 5.38 Å². The van der Waals surface area contributed by atoms with Crippen LogP contribution in [0.2, 0.25) is 0 Å². The van der Waals surface area contributed by atoms with Gasteiger partial charge in [-0.15, -0.1) is 11.6 Å². The average Bonchev–Trinajstić information content (AvgIpc) is 2.09. The van der Waals surface area contributed by atoms with E-state index in [1.807, 2.05) is 6.92 Å². The summed E-state index contributed by atoms with van der Waals surface area (Å²) in [6.07, 6.45) is 6.82. The highest BCUT2D eigenvalue weighted by molar-refractivity contribution is 6.21. The lowest BCUT2D eigenvalue weighted by Gasteiger charge is -2.32. The van der Waals surface area contributed by atoms with Gasteiger partial charge in [-0.2, -0.15) is 0 Å². The SMILES string of the molecule is CCOCCCC1=CC(Cl)CC(C)(C)C1. The van der Waals surface area contributed by atoms with Gasteiger partial charge in [-0.1, -0.05) is 25.5 Å². The first-order valence-electron chi connectivity index (χ1n) is 5.95. The van der Waals surface area contributed by atoms with E-state index in [9.17, 15) is 0 Å². The van der Waals surface area contributed by atoms with Crippen molar-refractivity contribution >= 4 is 11.6 Å². The molecule has 0 radical (unpaired) electrons. The fourth-order valence-electron chi connectivity index (χ4n) is 2.31. The highest BCUT2D eigenvalue weighted by Crippen LogP contribution is 2.38. The van der Waals surface area contributed by atoms with Gasteiger partial charge >= 0.3 is 0 Å². The van der Waals surface area contributed by atoms with Crippen LogP contribution in [0.1, 0.15) is 46.5 Å². The van der Waals surface area contributed by atoms with Crippen molar-refractivity contribution in [1.29, 1.82) is 0 Å². The first-order chi connectivity index (χ1) is 7.03. The van der Waals surface area contributed by atoms with Crippen molar-refractivity contribution < 1.29 is 4.74 Å². The van der Waals surface area contributed by atoms with Gasteiger partial charge in [0.1, 0.15) is 0 Å². The van der Waals surface area contributed by atoms with Crippen LogP contribution in [-0.4, -0.2) is 18.6 Å². The second-order valence-corrected chi connectivity index (χ2v) is 5.75. The maximum atomic E-state index is 6.23. The molecular weight excluding hydrogens is 208 g/mol. The maximum Gasteiger partial charge on any atom is 0.0523 e. The molecule has 2 heteroatoms. The summed E-state index contributed by atoms with van der Waals surface area (Å²) in [5.74, 6) is 0. The molecule has 0 bridgehead atoms. The minimum absolute atomic E-state index is 0.232. The molecule has 1 atom stereocenters. The molecule has 15 heavy (non-hydrogen) atoms. The number of allylic oxidation sites excluding steroid dienone is 2. The third-order valence-corrected chi connectivity index (χ3v) is 3.14. The molecule has 0 heterocycles. The van der Waals surface area contributed by atoms with Crippen LogP contribution in [0.25, 0.3) is 0 Å². The smallest absolute Gasteiger partial charge is 0.0523 e. The molecule has 0 aromatic heterocycles. The van der Waals surface area contributed by atoms with Crippen molar-refractivity contribution in [3.63, 3.8) is 0 Å². The molecule has 1 rings (SSSR count). The Bertz CT molecular complexity index is 221. The maximum absolute atomic E-state index is 6.23. The molecule has 1 nitrogen and oxygen atoms in total. The second-order valence-electron chi connectivity index (χ2n) is 5.19. The van der Waals surface area contributed by atoms with Gasteiger partial charge in [0.15, 0.2) is 0 Å². The summed E-state index contributed by atoms with van der Waals surface area (Å²) in [6, 6.07) is 0. The zero-order chi connectivity index (χ0) is 11.3. The first-order valence-corrected chi connectivity index (χ1v) is 6.38. The molecule has 0 aromatic rings. The fraction of sp³-hybridized carbons (Fsp3) is 0.846. The summed E-state index contributed by atoms with van der Waals surface area (Å²) in [4.78, 5) is 0. The summed E-state index contributed by atoms with van der Waals surface area (Å²) in [7, 11) is 0. The molecule has 1 aliphatic carbocycles. The Morgan fingerprint density at radius 1 is 1.53 bits per heavy atom. The number of rotatable bonds is 5. The first kappa shape index (κ1) is 13.1. The van der Waals surface area contributed by atoms with Crippen molar-refractivity contribution in [2.24, 2.45) is 5.41 Å². The summed E-state index contributed by atoms with van der Waals surface area (Å²) in [6.45, 7) is 8.34. The predicted octanol–water partition coefficient (Wildman–Crippen LogP) is 4.16. The van der Waals surface area contributed by atoms with E-state index in [2.05, 4.69) is 19.9 Å². The molecule has 0 N–H and O–H groups in total. The van der Waals surface area contributed by atoms with E-state index in [1.54, 1.807) is 0 Å². The minimum atomic E-state index is 0.232. The highest BCUT2D eigenvalue weighted by Gasteiger charge is 2.27. The molecular formula is C13H23ClO. The minimum Gasteiger partial charge on any atom is -0.382 e. The van der Waals surface area contributed by atoms with Crippen molar-refractivity contribution in [3.05, 3.63) is 11.6 Å². The molecule has 0 aliphatic heterocycles. The molecule has 88 valence electrons. The van der Waals surface area contributed by atoms with Crippen molar-refractivity contribution in [2.75, 3.05) is 13.2 Å². The number of halogens is 1. The monoisotopic (exact) mass is 230 g/mol. The van der Waals surface area contributed by atoms with Crippen molar-refractivity contribution in [2.45, 2.75) is 51.8 Å². The molecule has 0 fully saturated rings. The van der Waals surface area contributed by atoms with Crippen LogP contribution < -0.4 is 0 Å². The van der Waals surface area contributed by atoms with E-state index in [1.165, 1.54) is 12.0 Å². The molecule has 0 aromatic carbocycles. The van der Waals surface area contributed by atoms with E-state index < -0.39 is 0 Å². The van der Waals surface area contributed by atoms with Gasteiger partial charge in [0.25, 0.3) is 0 Å². The molecule has 0 spiro atoms. The van der Waals surface area contributed by atoms with Gasteiger partial charge < -0.3 is 4.74 Å². The number of hydrogen-bond acceptors (Lipinski definition) is 1. The lowest BCUT2D eigenvalue weighted by molar-refractivity contribution is 0.144. The van der Waals surface area contributed by atoms with Gasteiger partial charge in [0.05, 0.1) is 5.38 Å². The third-order valence-electron chi connectivity index (χ3n) is 2.86. The molecule has 0 saturated heterocycles. The van der Waals surface area contributed by atoms with Crippen LogP contribution in [0.15, 0.2) is 11.6 Å². The Kier molecular flexibility index (Phi) is 5.14.